The van der Waals surface area contributed by atoms with Gasteiger partial charge in [0.15, 0.2) is 5.16 Å². The van der Waals surface area contributed by atoms with Crippen LogP contribution in [0.15, 0.2) is 64.5 Å². The van der Waals surface area contributed by atoms with Crippen molar-refractivity contribution in [3.05, 3.63) is 70.6 Å². The molecule has 0 radical (unpaired) electrons. The van der Waals surface area contributed by atoms with Gasteiger partial charge in [0, 0.05) is 0 Å². The van der Waals surface area contributed by atoms with Gasteiger partial charge >= 0.3 is 5.69 Å². The highest BCUT2D eigenvalue weighted by atomic mass is 32.2. The Morgan fingerprint density at radius 3 is 2.52 bits per heavy atom. The lowest BCUT2D eigenvalue weighted by Gasteiger charge is -2.43. The number of nitrogens with zero attached hydrogens (tertiary/aromatic N) is 3. The van der Waals surface area contributed by atoms with Crippen LogP contribution in [0.2, 0.25) is 0 Å². The van der Waals surface area contributed by atoms with Crippen molar-refractivity contribution in [2.45, 2.75) is 43.3 Å². The van der Waals surface area contributed by atoms with Crippen molar-refractivity contribution in [1.29, 1.82) is 0 Å². The van der Waals surface area contributed by atoms with Crippen molar-refractivity contribution in [2.24, 2.45) is 0 Å². The first kappa shape index (κ1) is 20.9. The second kappa shape index (κ2) is 8.07. The predicted octanol–water partition coefficient (Wildman–Crippen LogP) is 2.86. The molecule has 4 rings (SSSR count). The zero-order valence-electron chi connectivity index (χ0n) is 17.5. The van der Waals surface area contributed by atoms with E-state index in [4.69, 9.17) is 0 Å². The van der Waals surface area contributed by atoms with Crippen LogP contribution in [0.4, 0.5) is 11.4 Å². The lowest BCUT2D eigenvalue weighted by molar-refractivity contribution is -0.126. The Morgan fingerprint density at radius 1 is 1.10 bits per heavy atom. The van der Waals surface area contributed by atoms with Crippen LogP contribution in [0.1, 0.15) is 26.3 Å². The monoisotopic (exact) mass is 437 g/mol. The molecule has 160 valence electrons. The Kier molecular flexibility index (Phi) is 5.45. The fourth-order valence-corrected chi connectivity index (χ4v) is 4.43. The number of hydrogen-bond acceptors (Lipinski definition) is 5. The number of anilines is 2. The molecule has 8 nitrogen and oxygen atoms in total. The van der Waals surface area contributed by atoms with E-state index in [0.717, 1.165) is 5.56 Å². The number of benzene rings is 2. The van der Waals surface area contributed by atoms with Gasteiger partial charge in [0.05, 0.1) is 23.2 Å². The van der Waals surface area contributed by atoms with Gasteiger partial charge in [0.2, 0.25) is 11.8 Å². The second-order valence-electron chi connectivity index (χ2n) is 7.85. The number of H-pyrrole nitrogens is 1. The molecule has 2 amide bonds. The molecule has 1 unspecified atom stereocenters. The summed E-state index contributed by atoms with van der Waals surface area (Å²) in [7, 11) is 0. The molecular weight excluding hydrogens is 414 g/mol. The van der Waals surface area contributed by atoms with Crippen molar-refractivity contribution < 1.29 is 9.59 Å². The van der Waals surface area contributed by atoms with E-state index in [2.05, 4.69) is 15.5 Å². The number of hydrogen-bond donors (Lipinski definition) is 2. The summed E-state index contributed by atoms with van der Waals surface area (Å²) in [5.41, 5.74) is 0.797. The molecular formula is C22H23N5O3S. The van der Waals surface area contributed by atoms with Crippen LogP contribution in [0.3, 0.4) is 0 Å². The lowest BCUT2D eigenvalue weighted by atomic mass is 9.96. The van der Waals surface area contributed by atoms with E-state index < -0.39 is 10.8 Å². The molecule has 2 N–H and O–H groups in total. The van der Waals surface area contributed by atoms with Crippen LogP contribution in [0.5, 0.6) is 0 Å². The van der Waals surface area contributed by atoms with Crippen LogP contribution in [0, 0.1) is 0 Å². The van der Waals surface area contributed by atoms with Crippen LogP contribution in [-0.2, 0) is 16.1 Å². The average molecular weight is 438 g/mol. The summed E-state index contributed by atoms with van der Waals surface area (Å²) < 4.78 is 1.51. The molecule has 0 bridgehead atoms. The fourth-order valence-electron chi connectivity index (χ4n) is 3.54. The fraction of sp³-hybridized carbons (Fsp3) is 0.273. The SMILES string of the molecule is CC(Sc1n[nH]c(=O)n1Cc1ccccc1)C(=O)N1c2ccccc2NC(=O)C1(C)C. The smallest absolute Gasteiger partial charge is 0.322 e. The molecule has 2 heterocycles. The number of carbonyl (C=O) groups is 2. The van der Waals surface area contributed by atoms with E-state index in [1.807, 2.05) is 48.5 Å². The minimum absolute atomic E-state index is 0.237. The largest absolute Gasteiger partial charge is 0.344 e. The van der Waals surface area contributed by atoms with Crippen molar-refractivity contribution in [3.8, 4) is 0 Å². The number of aromatic amines is 1. The summed E-state index contributed by atoms with van der Waals surface area (Å²) in [6, 6.07) is 16.8. The first-order chi connectivity index (χ1) is 14.8. The Bertz CT molecular complexity index is 1190. The molecule has 2 aromatic carbocycles. The minimum Gasteiger partial charge on any atom is -0.322 e. The van der Waals surface area contributed by atoms with Crippen LogP contribution >= 0.6 is 11.8 Å². The van der Waals surface area contributed by atoms with Gasteiger partial charge in [-0.1, -0.05) is 54.2 Å². The Hall–Kier alpha value is -3.33. The quantitative estimate of drug-likeness (QED) is 0.598. The van der Waals surface area contributed by atoms with Gasteiger partial charge in [0.1, 0.15) is 5.54 Å². The number of fused-ring (bicyclic) bond motifs is 1. The molecule has 1 atom stereocenters. The van der Waals surface area contributed by atoms with Crippen molar-refractivity contribution in [2.75, 3.05) is 10.2 Å². The zero-order valence-corrected chi connectivity index (χ0v) is 18.3. The molecule has 0 saturated heterocycles. The summed E-state index contributed by atoms with van der Waals surface area (Å²) in [5, 5.41) is 9.28. The number of rotatable bonds is 5. The van der Waals surface area contributed by atoms with Gasteiger partial charge in [-0.05, 0) is 38.5 Å². The highest BCUT2D eigenvalue weighted by molar-refractivity contribution is 8.00. The molecule has 31 heavy (non-hydrogen) atoms. The maximum atomic E-state index is 13.5. The molecule has 9 heteroatoms. The first-order valence-corrected chi connectivity index (χ1v) is 10.8. The summed E-state index contributed by atoms with van der Waals surface area (Å²) in [6.07, 6.45) is 0. The van der Waals surface area contributed by atoms with Crippen molar-refractivity contribution >= 4 is 35.0 Å². The van der Waals surface area contributed by atoms with E-state index in [0.29, 0.717) is 23.1 Å². The standard InChI is InChI=1S/C22H23N5O3S/c1-14(31-21-25-24-20(30)26(21)13-15-9-5-4-6-10-15)18(28)27-17-12-8-7-11-16(17)23-19(29)22(27,2)3/h4-12,14H,13H2,1-3H3,(H,23,29)(H,24,30). The Balaban J connectivity index is 1.61. The number of thioether (sulfide) groups is 1. The van der Waals surface area contributed by atoms with E-state index in [-0.39, 0.29) is 17.5 Å². The molecule has 0 aliphatic carbocycles. The third kappa shape index (κ3) is 3.88. The third-order valence-electron chi connectivity index (χ3n) is 5.26. The van der Waals surface area contributed by atoms with Crippen LogP contribution in [-0.4, -0.2) is 37.4 Å². The van der Waals surface area contributed by atoms with E-state index in [9.17, 15) is 14.4 Å². The summed E-state index contributed by atoms with van der Waals surface area (Å²) >= 11 is 1.19. The van der Waals surface area contributed by atoms with Gasteiger partial charge in [0.25, 0.3) is 0 Å². The van der Waals surface area contributed by atoms with Gasteiger partial charge in [-0.3, -0.25) is 19.1 Å². The van der Waals surface area contributed by atoms with Gasteiger partial charge in [-0.25, -0.2) is 9.89 Å². The minimum atomic E-state index is -1.06. The highest BCUT2D eigenvalue weighted by Crippen LogP contribution is 2.38. The second-order valence-corrected chi connectivity index (χ2v) is 9.16. The number of para-hydroxylation sites is 2. The van der Waals surface area contributed by atoms with Gasteiger partial charge in [-0.15, -0.1) is 5.10 Å². The van der Waals surface area contributed by atoms with Crippen molar-refractivity contribution in [3.63, 3.8) is 0 Å². The average Bonchev–Trinajstić information content (AvgIpc) is 3.08. The molecule has 0 fully saturated rings. The highest BCUT2D eigenvalue weighted by Gasteiger charge is 2.45. The van der Waals surface area contributed by atoms with E-state index in [1.165, 1.54) is 21.2 Å². The van der Waals surface area contributed by atoms with E-state index >= 15 is 0 Å². The zero-order chi connectivity index (χ0) is 22.2. The van der Waals surface area contributed by atoms with Gasteiger partial charge in [-0.2, -0.15) is 0 Å². The normalized spacial score (nSPS) is 15.8. The molecule has 1 aromatic heterocycles. The summed E-state index contributed by atoms with van der Waals surface area (Å²) in [4.78, 5) is 40.0. The maximum Gasteiger partial charge on any atom is 0.344 e. The summed E-state index contributed by atoms with van der Waals surface area (Å²) in [5.74, 6) is -0.489. The van der Waals surface area contributed by atoms with Crippen LogP contribution in [0.25, 0.3) is 0 Å². The molecule has 0 saturated carbocycles. The van der Waals surface area contributed by atoms with E-state index in [1.54, 1.807) is 26.8 Å². The topological polar surface area (TPSA) is 100 Å². The predicted molar refractivity (Wildman–Crippen MR) is 120 cm³/mol. The molecule has 3 aromatic rings. The number of aromatic nitrogens is 3. The van der Waals surface area contributed by atoms with Crippen molar-refractivity contribution in [1.82, 2.24) is 14.8 Å². The first-order valence-electron chi connectivity index (χ1n) is 9.89. The lowest BCUT2D eigenvalue weighted by Crippen LogP contribution is -2.60. The number of carbonyl (C=O) groups excluding carboxylic acids is 2. The maximum absolute atomic E-state index is 13.5. The Labute approximate surface area is 183 Å². The molecule has 1 aliphatic rings. The summed E-state index contributed by atoms with van der Waals surface area (Å²) in [6.45, 7) is 5.53. The number of amides is 2. The number of nitrogens with one attached hydrogen (secondary N) is 2. The molecule has 0 spiro atoms. The van der Waals surface area contributed by atoms with Gasteiger partial charge < -0.3 is 5.32 Å². The Morgan fingerprint density at radius 2 is 1.77 bits per heavy atom. The third-order valence-corrected chi connectivity index (χ3v) is 6.34. The van der Waals surface area contributed by atoms with Crippen LogP contribution < -0.4 is 15.9 Å². The molecule has 1 aliphatic heterocycles.